The molecule has 0 aliphatic rings. The minimum Gasteiger partial charge on any atom is -0.488 e. The summed E-state index contributed by atoms with van der Waals surface area (Å²) in [5, 5.41) is 8.66. The van der Waals surface area contributed by atoms with Crippen LogP contribution in [0.1, 0.15) is 16.7 Å². The number of hydrogen-bond donors (Lipinski definition) is 0. The number of rotatable bonds is 3. The highest BCUT2D eigenvalue weighted by Gasteiger charge is 2.34. The quantitative estimate of drug-likeness (QED) is 0.791. The second-order valence-corrected chi connectivity index (χ2v) is 4.24. The summed E-state index contributed by atoms with van der Waals surface area (Å²) >= 11 is 0. The number of ether oxygens (including phenoxy) is 1. The summed E-state index contributed by atoms with van der Waals surface area (Å²) in [6.45, 7) is -0.130. The van der Waals surface area contributed by atoms with E-state index in [9.17, 15) is 17.6 Å². The first-order valence-electron chi connectivity index (χ1n) is 5.89. The highest BCUT2D eigenvalue weighted by molar-refractivity contribution is 5.43. The van der Waals surface area contributed by atoms with Crippen LogP contribution in [0.5, 0.6) is 5.75 Å². The van der Waals surface area contributed by atoms with Crippen LogP contribution in [0.4, 0.5) is 17.6 Å². The van der Waals surface area contributed by atoms with Crippen LogP contribution < -0.4 is 4.74 Å². The molecule has 0 amide bonds. The van der Waals surface area contributed by atoms with Crippen molar-refractivity contribution >= 4 is 0 Å². The molecule has 2 rings (SSSR count). The topological polar surface area (TPSA) is 33.0 Å². The normalized spacial score (nSPS) is 11.0. The fourth-order valence-electron chi connectivity index (χ4n) is 1.69. The van der Waals surface area contributed by atoms with Crippen LogP contribution in [-0.2, 0) is 12.8 Å². The first-order chi connectivity index (χ1) is 9.90. The van der Waals surface area contributed by atoms with E-state index in [-0.39, 0.29) is 17.9 Å². The smallest absolute Gasteiger partial charge is 0.420 e. The molecular formula is C15H9F4NO. The van der Waals surface area contributed by atoms with Gasteiger partial charge in [0.1, 0.15) is 18.2 Å². The largest absolute Gasteiger partial charge is 0.488 e. The maximum absolute atomic E-state index is 12.9. The number of hydrogen-bond acceptors (Lipinski definition) is 2. The Hall–Kier alpha value is -2.55. The van der Waals surface area contributed by atoms with Gasteiger partial charge in [0.05, 0.1) is 17.2 Å². The first kappa shape index (κ1) is 14.9. The van der Waals surface area contributed by atoms with Crippen molar-refractivity contribution in [3.63, 3.8) is 0 Å². The molecule has 0 saturated heterocycles. The molecule has 108 valence electrons. The van der Waals surface area contributed by atoms with Gasteiger partial charge in [0.25, 0.3) is 0 Å². The lowest BCUT2D eigenvalue weighted by atomic mass is 10.1. The van der Waals surface area contributed by atoms with E-state index in [0.29, 0.717) is 5.56 Å². The van der Waals surface area contributed by atoms with Gasteiger partial charge in [0.15, 0.2) is 0 Å². The van der Waals surface area contributed by atoms with Crippen molar-refractivity contribution in [2.24, 2.45) is 0 Å². The Balaban J connectivity index is 2.23. The highest BCUT2D eigenvalue weighted by Crippen LogP contribution is 2.37. The van der Waals surface area contributed by atoms with Gasteiger partial charge in [-0.1, -0.05) is 12.1 Å². The van der Waals surface area contributed by atoms with E-state index in [4.69, 9.17) is 10.00 Å². The lowest BCUT2D eigenvalue weighted by Crippen LogP contribution is -2.09. The van der Waals surface area contributed by atoms with Crippen LogP contribution in [0.25, 0.3) is 0 Å². The Labute approximate surface area is 118 Å². The number of nitriles is 1. The minimum atomic E-state index is -4.62. The van der Waals surface area contributed by atoms with Crippen molar-refractivity contribution in [1.29, 1.82) is 5.26 Å². The molecule has 0 fully saturated rings. The average molecular weight is 295 g/mol. The molecule has 0 spiro atoms. The molecule has 0 saturated carbocycles. The van der Waals surface area contributed by atoms with Crippen molar-refractivity contribution in [1.82, 2.24) is 0 Å². The summed E-state index contributed by atoms with van der Waals surface area (Å²) in [7, 11) is 0. The summed E-state index contributed by atoms with van der Waals surface area (Å²) in [4.78, 5) is 0. The average Bonchev–Trinajstić information content (AvgIpc) is 2.45. The van der Waals surface area contributed by atoms with Gasteiger partial charge < -0.3 is 4.74 Å². The second kappa shape index (κ2) is 5.83. The van der Waals surface area contributed by atoms with E-state index >= 15 is 0 Å². The van der Waals surface area contributed by atoms with E-state index in [1.165, 1.54) is 30.3 Å². The molecular weight excluding hydrogens is 286 g/mol. The van der Waals surface area contributed by atoms with Gasteiger partial charge in [-0.2, -0.15) is 18.4 Å². The molecule has 0 unspecified atom stereocenters. The van der Waals surface area contributed by atoms with E-state index < -0.39 is 17.6 Å². The fourth-order valence-corrected chi connectivity index (χ4v) is 1.69. The van der Waals surface area contributed by atoms with Gasteiger partial charge in [-0.05, 0) is 35.9 Å². The molecule has 0 atom stereocenters. The number of benzene rings is 2. The van der Waals surface area contributed by atoms with Crippen molar-refractivity contribution in [3.8, 4) is 11.8 Å². The molecule has 0 aliphatic carbocycles. The maximum atomic E-state index is 12.9. The first-order valence-corrected chi connectivity index (χ1v) is 5.89. The SMILES string of the molecule is N#Cc1ccc(OCc2ccc(F)cc2)c(C(F)(F)F)c1. The lowest BCUT2D eigenvalue weighted by Gasteiger charge is -2.14. The summed E-state index contributed by atoms with van der Waals surface area (Å²) in [6.07, 6.45) is -4.62. The third-order valence-electron chi connectivity index (χ3n) is 2.72. The molecule has 0 heterocycles. The number of nitrogens with zero attached hydrogens (tertiary/aromatic N) is 1. The molecule has 0 bridgehead atoms. The molecule has 6 heteroatoms. The van der Waals surface area contributed by atoms with E-state index in [2.05, 4.69) is 0 Å². The van der Waals surface area contributed by atoms with Crippen LogP contribution >= 0.6 is 0 Å². The fraction of sp³-hybridized carbons (Fsp3) is 0.133. The summed E-state index contributed by atoms with van der Waals surface area (Å²) in [6, 6.07) is 9.97. The van der Waals surface area contributed by atoms with Crippen molar-refractivity contribution < 1.29 is 22.3 Å². The van der Waals surface area contributed by atoms with Gasteiger partial charge in [-0.25, -0.2) is 4.39 Å². The second-order valence-electron chi connectivity index (χ2n) is 4.24. The molecule has 21 heavy (non-hydrogen) atoms. The zero-order chi connectivity index (χ0) is 15.5. The Kier molecular flexibility index (Phi) is 4.13. The Morgan fingerprint density at radius 2 is 1.71 bits per heavy atom. The summed E-state index contributed by atoms with van der Waals surface area (Å²) in [5.74, 6) is -0.807. The summed E-state index contributed by atoms with van der Waals surface area (Å²) in [5.41, 5.74) is -0.575. The zero-order valence-electron chi connectivity index (χ0n) is 10.6. The third kappa shape index (κ3) is 3.72. The monoisotopic (exact) mass is 295 g/mol. The van der Waals surface area contributed by atoms with Crippen LogP contribution in [0.2, 0.25) is 0 Å². The Bertz CT molecular complexity index is 672. The van der Waals surface area contributed by atoms with Gasteiger partial charge in [-0.15, -0.1) is 0 Å². The molecule has 0 radical (unpaired) electrons. The molecule has 2 aromatic carbocycles. The van der Waals surface area contributed by atoms with Gasteiger partial charge in [0, 0.05) is 0 Å². The van der Waals surface area contributed by atoms with Crippen LogP contribution in [0, 0.1) is 17.1 Å². The minimum absolute atomic E-state index is 0.101. The predicted molar refractivity (Wildman–Crippen MR) is 66.9 cm³/mol. The maximum Gasteiger partial charge on any atom is 0.420 e. The van der Waals surface area contributed by atoms with Gasteiger partial charge in [0.2, 0.25) is 0 Å². The van der Waals surface area contributed by atoms with Crippen molar-refractivity contribution in [2.45, 2.75) is 12.8 Å². The van der Waals surface area contributed by atoms with Crippen LogP contribution in [-0.4, -0.2) is 0 Å². The zero-order valence-corrected chi connectivity index (χ0v) is 10.6. The van der Waals surface area contributed by atoms with Gasteiger partial charge >= 0.3 is 6.18 Å². The molecule has 2 aromatic rings. The van der Waals surface area contributed by atoms with Crippen molar-refractivity contribution in [3.05, 3.63) is 65.0 Å². The van der Waals surface area contributed by atoms with Crippen LogP contribution in [0.3, 0.4) is 0 Å². The van der Waals surface area contributed by atoms with E-state index in [1.54, 1.807) is 6.07 Å². The van der Waals surface area contributed by atoms with E-state index in [1.807, 2.05) is 0 Å². The Morgan fingerprint density at radius 3 is 2.29 bits per heavy atom. The molecule has 0 N–H and O–H groups in total. The highest BCUT2D eigenvalue weighted by atomic mass is 19.4. The van der Waals surface area contributed by atoms with Gasteiger partial charge in [-0.3, -0.25) is 0 Å². The predicted octanol–water partition coefficient (Wildman–Crippen LogP) is 4.30. The Morgan fingerprint density at radius 1 is 1.05 bits per heavy atom. The lowest BCUT2D eigenvalue weighted by molar-refractivity contribution is -0.139. The molecule has 0 aromatic heterocycles. The van der Waals surface area contributed by atoms with Crippen LogP contribution in [0.15, 0.2) is 42.5 Å². The molecule has 2 nitrogen and oxygen atoms in total. The standard InChI is InChI=1S/C15H9F4NO/c16-12-4-1-10(2-5-12)9-21-14-6-3-11(8-20)7-13(14)15(17,18)19/h1-7H,9H2. The van der Waals surface area contributed by atoms with Crippen molar-refractivity contribution in [2.75, 3.05) is 0 Å². The summed E-state index contributed by atoms with van der Waals surface area (Å²) < 4.78 is 56.6. The third-order valence-corrected chi connectivity index (χ3v) is 2.72. The van der Waals surface area contributed by atoms with E-state index in [0.717, 1.165) is 12.1 Å². The number of alkyl halides is 3. The molecule has 0 aliphatic heterocycles. The number of halogens is 4.